The van der Waals surface area contributed by atoms with E-state index in [2.05, 4.69) is 4.57 Å². The third-order valence-electron chi connectivity index (χ3n) is 3.90. The Morgan fingerprint density at radius 1 is 1.26 bits per heavy atom. The molecule has 0 amide bonds. The summed E-state index contributed by atoms with van der Waals surface area (Å²) in [5, 5.41) is 0.669. The molecule has 1 aliphatic rings. The zero-order valence-electron chi connectivity index (χ0n) is 10.4. The average molecular weight is 268 g/mol. The first kappa shape index (κ1) is 12.5. The highest BCUT2D eigenvalue weighted by atomic mass is 19.4. The Hall–Kier alpha value is -1.49. The third-order valence-corrected chi connectivity index (χ3v) is 3.90. The lowest BCUT2D eigenvalue weighted by Gasteiger charge is -2.24. The number of aryl methyl sites for hydroxylation is 1. The molecular weight excluding hydrogens is 253 g/mol. The van der Waals surface area contributed by atoms with Crippen LogP contribution >= 0.6 is 0 Å². The molecule has 0 aliphatic carbocycles. The maximum Gasteiger partial charge on any atom is 0.416 e. The number of nitrogens with two attached hydrogens (primary N) is 1. The van der Waals surface area contributed by atoms with E-state index >= 15 is 0 Å². The van der Waals surface area contributed by atoms with Crippen LogP contribution in [0.25, 0.3) is 10.9 Å². The summed E-state index contributed by atoms with van der Waals surface area (Å²) in [7, 11) is 0. The van der Waals surface area contributed by atoms with E-state index in [1.54, 1.807) is 6.07 Å². The van der Waals surface area contributed by atoms with Crippen molar-refractivity contribution in [2.75, 3.05) is 6.54 Å². The Morgan fingerprint density at radius 3 is 2.74 bits per heavy atom. The zero-order valence-corrected chi connectivity index (χ0v) is 10.4. The molecule has 0 spiro atoms. The van der Waals surface area contributed by atoms with Crippen LogP contribution in [0.1, 0.15) is 17.7 Å². The van der Waals surface area contributed by atoms with Crippen molar-refractivity contribution < 1.29 is 13.2 Å². The fourth-order valence-electron chi connectivity index (χ4n) is 2.82. The van der Waals surface area contributed by atoms with Crippen molar-refractivity contribution in [3.8, 4) is 0 Å². The van der Waals surface area contributed by atoms with Crippen LogP contribution in [-0.2, 0) is 19.1 Å². The van der Waals surface area contributed by atoms with E-state index in [1.165, 1.54) is 6.07 Å². The fraction of sp³-hybridized carbons (Fsp3) is 0.429. The molecule has 0 saturated carbocycles. The maximum atomic E-state index is 12.7. The minimum atomic E-state index is -4.28. The molecule has 1 unspecified atom stereocenters. The molecule has 2 nitrogen and oxygen atoms in total. The summed E-state index contributed by atoms with van der Waals surface area (Å²) in [5.74, 6) is 0.422. The van der Waals surface area contributed by atoms with Crippen molar-refractivity contribution in [2.24, 2.45) is 11.7 Å². The van der Waals surface area contributed by atoms with E-state index in [4.69, 9.17) is 5.73 Å². The third kappa shape index (κ3) is 2.12. The zero-order chi connectivity index (χ0) is 13.6. The van der Waals surface area contributed by atoms with Crippen LogP contribution in [0.15, 0.2) is 24.3 Å². The molecule has 0 bridgehead atoms. The van der Waals surface area contributed by atoms with Gasteiger partial charge in [-0.15, -0.1) is 0 Å². The number of hydrogen-bond acceptors (Lipinski definition) is 1. The van der Waals surface area contributed by atoms with Gasteiger partial charge in [0.25, 0.3) is 0 Å². The molecule has 5 heteroatoms. The molecule has 1 aliphatic heterocycles. The van der Waals surface area contributed by atoms with Crippen LogP contribution in [-0.4, -0.2) is 11.1 Å². The predicted octanol–water partition coefficient (Wildman–Crippen LogP) is 3.18. The Labute approximate surface area is 109 Å². The lowest BCUT2D eigenvalue weighted by Crippen LogP contribution is -2.25. The molecule has 19 heavy (non-hydrogen) atoms. The van der Waals surface area contributed by atoms with Crippen LogP contribution in [0.2, 0.25) is 0 Å². The first-order valence-corrected chi connectivity index (χ1v) is 6.38. The number of nitrogens with zero attached hydrogens (tertiary/aromatic N) is 1. The van der Waals surface area contributed by atoms with Gasteiger partial charge in [0.15, 0.2) is 0 Å². The van der Waals surface area contributed by atoms with Crippen LogP contribution in [0, 0.1) is 5.92 Å². The smallest absolute Gasteiger partial charge is 0.344 e. The number of rotatable bonds is 1. The summed E-state index contributed by atoms with van der Waals surface area (Å²) in [4.78, 5) is 0. The van der Waals surface area contributed by atoms with Gasteiger partial charge in [-0.25, -0.2) is 0 Å². The highest BCUT2D eigenvalue weighted by Crippen LogP contribution is 2.34. The Morgan fingerprint density at radius 2 is 2.05 bits per heavy atom. The van der Waals surface area contributed by atoms with Gasteiger partial charge in [-0.2, -0.15) is 13.2 Å². The number of benzene rings is 1. The molecule has 3 rings (SSSR count). The van der Waals surface area contributed by atoms with Crippen molar-refractivity contribution in [1.29, 1.82) is 0 Å². The topological polar surface area (TPSA) is 30.9 Å². The molecule has 0 fully saturated rings. The molecule has 1 aromatic heterocycles. The van der Waals surface area contributed by atoms with E-state index in [-0.39, 0.29) is 0 Å². The second-order valence-electron chi connectivity index (χ2n) is 5.16. The molecule has 2 heterocycles. The van der Waals surface area contributed by atoms with Crippen molar-refractivity contribution in [3.05, 3.63) is 35.5 Å². The van der Waals surface area contributed by atoms with E-state index in [0.717, 1.165) is 36.7 Å². The van der Waals surface area contributed by atoms with E-state index < -0.39 is 11.7 Å². The molecule has 2 N–H and O–H groups in total. The molecule has 0 saturated heterocycles. The standard InChI is InChI=1S/C14H15F3N2/c15-14(16,17)11-2-4-13-10(5-11)6-12-3-1-9(7-18)8-19(12)13/h2,4-6,9H,1,3,7-8,18H2. The van der Waals surface area contributed by atoms with E-state index in [1.807, 2.05) is 6.07 Å². The van der Waals surface area contributed by atoms with Crippen molar-refractivity contribution >= 4 is 10.9 Å². The Balaban J connectivity index is 2.09. The summed E-state index contributed by atoms with van der Waals surface area (Å²) < 4.78 is 40.2. The van der Waals surface area contributed by atoms with Crippen LogP contribution < -0.4 is 5.73 Å². The fourth-order valence-corrected chi connectivity index (χ4v) is 2.82. The SMILES string of the molecule is NCC1CCc2cc3cc(C(F)(F)F)ccc3n2C1. The number of fused-ring (bicyclic) bond motifs is 3. The highest BCUT2D eigenvalue weighted by Gasteiger charge is 2.31. The van der Waals surface area contributed by atoms with Gasteiger partial charge in [-0.05, 0) is 49.6 Å². The quantitative estimate of drug-likeness (QED) is 0.846. The summed E-state index contributed by atoms with van der Waals surface area (Å²) in [5.41, 5.74) is 7.09. The summed E-state index contributed by atoms with van der Waals surface area (Å²) in [6.45, 7) is 1.43. The van der Waals surface area contributed by atoms with Crippen molar-refractivity contribution in [3.63, 3.8) is 0 Å². The minimum absolute atomic E-state index is 0.422. The second-order valence-corrected chi connectivity index (χ2v) is 5.16. The first-order valence-electron chi connectivity index (χ1n) is 6.38. The maximum absolute atomic E-state index is 12.7. The van der Waals surface area contributed by atoms with Gasteiger partial charge >= 0.3 is 6.18 Å². The van der Waals surface area contributed by atoms with Gasteiger partial charge < -0.3 is 10.3 Å². The lowest BCUT2D eigenvalue weighted by atomic mass is 9.98. The number of alkyl halides is 3. The highest BCUT2D eigenvalue weighted by molar-refractivity contribution is 5.82. The van der Waals surface area contributed by atoms with E-state index in [0.29, 0.717) is 17.8 Å². The average Bonchev–Trinajstić information content (AvgIpc) is 2.74. The van der Waals surface area contributed by atoms with Gasteiger partial charge in [0, 0.05) is 23.1 Å². The summed E-state index contributed by atoms with van der Waals surface area (Å²) in [6, 6.07) is 5.83. The summed E-state index contributed by atoms with van der Waals surface area (Å²) >= 11 is 0. The molecule has 1 atom stereocenters. The van der Waals surface area contributed by atoms with Gasteiger partial charge in [0.05, 0.1) is 5.56 Å². The lowest BCUT2D eigenvalue weighted by molar-refractivity contribution is -0.137. The van der Waals surface area contributed by atoms with Crippen LogP contribution in [0.5, 0.6) is 0 Å². The Kier molecular flexibility index (Phi) is 2.82. The van der Waals surface area contributed by atoms with Crippen LogP contribution in [0.3, 0.4) is 0 Å². The van der Waals surface area contributed by atoms with E-state index in [9.17, 15) is 13.2 Å². The molecule has 2 aromatic rings. The van der Waals surface area contributed by atoms with Gasteiger partial charge in [-0.1, -0.05) is 0 Å². The molecule has 0 radical (unpaired) electrons. The molecular formula is C14H15F3N2. The minimum Gasteiger partial charge on any atom is -0.344 e. The largest absolute Gasteiger partial charge is 0.416 e. The van der Waals surface area contributed by atoms with Gasteiger partial charge in [0.1, 0.15) is 0 Å². The van der Waals surface area contributed by atoms with Gasteiger partial charge in [-0.3, -0.25) is 0 Å². The molecule has 1 aromatic carbocycles. The normalized spacial score (nSPS) is 19.7. The first-order chi connectivity index (χ1) is 8.99. The monoisotopic (exact) mass is 268 g/mol. The number of hydrogen-bond donors (Lipinski definition) is 1. The second kappa shape index (κ2) is 4.27. The summed E-state index contributed by atoms with van der Waals surface area (Å²) in [6.07, 6.45) is -2.38. The van der Waals surface area contributed by atoms with Gasteiger partial charge in [0.2, 0.25) is 0 Å². The molecule has 102 valence electrons. The number of aromatic nitrogens is 1. The van der Waals surface area contributed by atoms with Crippen LogP contribution in [0.4, 0.5) is 13.2 Å². The number of halogens is 3. The van der Waals surface area contributed by atoms with Crippen molar-refractivity contribution in [2.45, 2.75) is 25.6 Å². The predicted molar refractivity (Wildman–Crippen MR) is 67.8 cm³/mol. The Bertz CT molecular complexity index is 613. The van der Waals surface area contributed by atoms with Crippen molar-refractivity contribution in [1.82, 2.24) is 4.57 Å².